The van der Waals surface area contributed by atoms with Crippen LogP contribution in [0.2, 0.25) is 0 Å². The van der Waals surface area contributed by atoms with Crippen molar-refractivity contribution in [1.29, 1.82) is 0 Å². The summed E-state index contributed by atoms with van der Waals surface area (Å²) in [6.07, 6.45) is 7.09. The van der Waals surface area contributed by atoms with E-state index in [0.29, 0.717) is 13.2 Å². The van der Waals surface area contributed by atoms with Gasteiger partial charge in [0.15, 0.2) is 0 Å². The third-order valence-electron chi connectivity index (χ3n) is 5.31. The smallest absolute Gasteiger partial charge is 0.256 e. The van der Waals surface area contributed by atoms with Crippen molar-refractivity contribution in [1.82, 2.24) is 14.5 Å². The summed E-state index contributed by atoms with van der Waals surface area (Å²) in [5.41, 5.74) is 3.82. The number of carbonyl (C=O) groups is 1. The van der Waals surface area contributed by atoms with Gasteiger partial charge in [-0.05, 0) is 51.3 Å². The van der Waals surface area contributed by atoms with Gasteiger partial charge in [-0.15, -0.1) is 0 Å². The van der Waals surface area contributed by atoms with Gasteiger partial charge in [0.2, 0.25) is 0 Å². The molecule has 2 aromatic heterocycles. The minimum absolute atomic E-state index is 0.137. The predicted molar refractivity (Wildman–Crippen MR) is 91.5 cm³/mol. The van der Waals surface area contributed by atoms with Gasteiger partial charge in [-0.2, -0.15) is 0 Å². The molecule has 0 bridgehead atoms. The lowest BCUT2D eigenvalue weighted by atomic mass is 10.1. The molecule has 2 aromatic rings. The molecule has 1 saturated carbocycles. The van der Waals surface area contributed by atoms with E-state index in [1.807, 2.05) is 43.1 Å². The molecule has 1 amide bonds. The van der Waals surface area contributed by atoms with E-state index >= 15 is 0 Å². The average molecular weight is 325 g/mol. The molecular formula is C19H23N3O2. The van der Waals surface area contributed by atoms with Crippen molar-refractivity contribution in [3.8, 4) is 5.69 Å². The molecule has 1 aliphatic heterocycles. The van der Waals surface area contributed by atoms with E-state index in [1.165, 1.54) is 0 Å². The van der Waals surface area contributed by atoms with Gasteiger partial charge < -0.3 is 14.2 Å². The Morgan fingerprint density at radius 2 is 2.21 bits per heavy atom. The molecule has 5 heteroatoms. The third-order valence-corrected chi connectivity index (χ3v) is 5.31. The van der Waals surface area contributed by atoms with Gasteiger partial charge in [0.25, 0.3) is 5.91 Å². The molecule has 3 heterocycles. The van der Waals surface area contributed by atoms with Crippen LogP contribution in [0, 0.1) is 13.8 Å². The highest BCUT2D eigenvalue weighted by Crippen LogP contribution is 2.31. The van der Waals surface area contributed by atoms with Crippen molar-refractivity contribution in [2.24, 2.45) is 0 Å². The Balaban J connectivity index is 1.68. The number of rotatable bonds is 2. The Morgan fingerprint density at radius 3 is 3.00 bits per heavy atom. The molecule has 1 saturated heterocycles. The van der Waals surface area contributed by atoms with E-state index in [4.69, 9.17) is 4.74 Å². The normalized spacial score (nSPS) is 23.3. The molecular weight excluding hydrogens is 302 g/mol. The minimum atomic E-state index is 0.137. The molecule has 0 radical (unpaired) electrons. The van der Waals surface area contributed by atoms with Crippen LogP contribution in [0.5, 0.6) is 0 Å². The summed E-state index contributed by atoms with van der Waals surface area (Å²) in [4.78, 5) is 19.4. The molecule has 126 valence electrons. The van der Waals surface area contributed by atoms with Gasteiger partial charge in [-0.1, -0.05) is 0 Å². The number of ether oxygens (including phenoxy) is 1. The van der Waals surface area contributed by atoms with Crippen molar-refractivity contribution in [2.45, 2.75) is 45.3 Å². The Bertz CT molecular complexity index is 753. The van der Waals surface area contributed by atoms with Crippen LogP contribution in [-0.4, -0.2) is 45.7 Å². The highest BCUT2D eigenvalue weighted by atomic mass is 16.5. The molecule has 0 N–H and O–H groups in total. The van der Waals surface area contributed by atoms with E-state index in [9.17, 15) is 4.79 Å². The van der Waals surface area contributed by atoms with Gasteiger partial charge in [-0.25, -0.2) is 0 Å². The lowest BCUT2D eigenvalue weighted by Gasteiger charge is -2.37. The summed E-state index contributed by atoms with van der Waals surface area (Å²) >= 11 is 0. The van der Waals surface area contributed by atoms with Gasteiger partial charge in [0.1, 0.15) is 0 Å². The summed E-state index contributed by atoms with van der Waals surface area (Å²) in [7, 11) is 0. The zero-order chi connectivity index (χ0) is 16.7. The molecule has 2 aliphatic rings. The maximum absolute atomic E-state index is 13.2. The molecule has 0 spiro atoms. The van der Waals surface area contributed by atoms with Crippen LogP contribution in [0.4, 0.5) is 0 Å². The summed E-state index contributed by atoms with van der Waals surface area (Å²) in [5.74, 6) is 0.137. The van der Waals surface area contributed by atoms with Crippen LogP contribution < -0.4 is 0 Å². The monoisotopic (exact) mass is 325 g/mol. The van der Waals surface area contributed by atoms with E-state index in [2.05, 4.69) is 9.55 Å². The van der Waals surface area contributed by atoms with Crippen molar-refractivity contribution >= 4 is 5.91 Å². The molecule has 2 atom stereocenters. The summed E-state index contributed by atoms with van der Waals surface area (Å²) in [6, 6.07) is 6.18. The zero-order valence-electron chi connectivity index (χ0n) is 14.2. The SMILES string of the molecule is Cc1cc(C(=O)N2CCO[C@@H]3CCC[C@@H]32)c(C)n1-c1cccnc1. The number of amides is 1. The van der Waals surface area contributed by atoms with Crippen molar-refractivity contribution < 1.29 is 9.53 Å². The third kappa shape index (κ3) is 2.44. The number of hydrogen-bond acceptors (Lipinski definition) is 3. The highest BCUT2D eigenvalue weighted by molar-refractivity contribution is 5.96. The van der Waals surface area contributed by atoms with Crippen LogP contribution in [0.15, 0.2) is 30.6 Å². The summed E-state index contributed by atoms with van der Waals surface area (Å²) < 4.78 is 7.94. The van der Waals surface area contributed by atoms with E-state index in [1.54, 1.807) is 6.20 Å². The fourth-order valence-corrected chi connectivity index (χ4v) is 4.20. The lowest BCUT2D eigenvalue weighted by Crippen LogP contribution is -2.51. The molecule has 4 rings (SSSR count). The van der Waals surface area contributed by atoms with Crippen LogP contribution in [0.25, 0.3) is 5.69 Å². The number of carbonyl (C=O) groups excluding carboxylic acids is 1. The largest absolute Gasteiger partial charge is 0.374 e. The average Bonchev–Trinajstić information content (AvgIpc) is 3.19. The van der Waals surface area contributed by atoms with Crippen molar-refractivity contribution in [3.05, 3.63) is 47.5 Å². The highest BCUT2D eigenvalue weighted by Gasteiger charge is 2.39. The van der Waals surface area contributed by atoms with Crippen LogP contribution >= 0.6 is 0 Å². The molecule has 0 aromatic carbocycles. The number of fused-ring (bicyclic) bond motifs is 1. The van der Waals surface area contributed by atoms with E-state index in [-0.39, 0.29) is 18.1 Å². The van der Waals surface area contributed by atoms with Crippen molar-refractivity contribution in [3.63, 3.8) is 0 Å². The quantitative estimate of drug-likeness (QED) is 0.853. The van der Waals surface area contributed by atoms with Crippen molar-refractivity contribution in [2.75, 3.05) is 13.2 Å². The standard InChI is InChI=1S/C19H23N3O2/c1-13-11-16(14(2)22(13)15-5-4-8-20-12-15)19(23)21-9-10-24-18-7-3-6-17(18)21/h4-5,8,11-12,17-18H,3,6-7,9-10H2,1-2H3/t17-,18+/m0/s1. The first-order chi connectivity index (χ1) is 11.7. The summed E-state index contributed by atoms with van der Waals surface area (Å²) in [5, 5.41) is 0. The second-order valence-electron chi connectivity index (χ2n) is 6.74. The molecule has 2 fully saturated rings. The van der Waals surface area contributed by atoms with Gasteiger partial charge in [0, 0.05) is 24.1 Å². The Labute approximate surface area is 142 Å². The summed E-state index contributed by atoms with van der Waals surface area (Å²) in [6.45, 7) is 5.39. The number of nitrogens with zero attached hydrogens (tertiary/aromatic N) is 3. The minimum Gasteiger partial charge on any atom is -0.374 e. The molecule has 0 unspecified atom stereocenters. The number of hydrogen-bond donors (Lipinski definition) is 0. The molecule has 1 aliphatic carbocycles. The van der Waals surface area contributed by atoms with Gasteiger partial charge >= 0.3 is 0 Å². The van der Waals surface area contributed by atoms with E-state index in [0.717, 1.165) is 41.9 Å². The topological polar surface area (TPSA) is 47.4 Å². The first-order valence-corrected chi connectivity index (χ1v) is 8.68. The lowest BCUT2D eigenvalue weighted by molar-refractivity contribution is -0.0445. The first kappa shape index (κ1) is 15.4. The molecule has 5 nitrogen and oxygen atoms in total. The number of morpholine rings is 1. The van der Waals surface area contributed by atoms with Crippen LogP contribution in [0.1, 0.15) is 41.0 Å². The van der Waals surface area contributed by atoms with E-state index < -0.39 is 0 Å². The predicted octanol–water partition coefficient (Wildman–Crippen LogP) is 2.88. The Kier molecular flexibility index (Phi) is 3.88. The number of aryl methyl sites for hydroxylation is 1. The molecule has 24 heavy (non-hydrogen) atoms. The number of pyridine rings is 1. The second kappa shape index (κ2) is 6.06. The maximum atomic E-state index is 13.2. The number of aromatic nitrogens is 2. The fraction of sp³-hybridized carbons (Fsp3) is 0.474. The van der Waals surface area contributed by atoms with Gasteiger partial charge in [0.05, 0.1) is 36.2 Å². The van der Waals surface area contributed by atoms with Crippen LogP contribution in [0.3, 0.4) is 0 Å². The fourth-order valence-electron chi connectivity index (χ4n) is 4.20. The van der Waals surface area contributed by atoms with Gasteiger partial charge in [-0.3, -0.25) is 9.78 Å². The Hall–Kier alpha value is -2.14. The zero-order valence-corrected chi connectivity index (χ0v) is 14.2. The second-order valence-corrected chi connectivity index (χ2v) is 6.74. The Morgan fingerprint density at radius 1 is 1.33 bits per heavy atom. The first-order valence-electron chi connectivity index (χ1n) is 8.68. The van der Waals surface area contributed by atoms with Crippen LogP contribution in [-0.2, 0) is 4.74 Å². The maximum Gasteiger partial charge on any atom is 0.256 e.